The molecule has 0 aliphatic heterocycles. The Hall–Kier alpha value is -0.160. The molecule has 21 heavy (non-hydrogen) atoms. The van der Waals surface area contributed by atoms with E-state index in [0.717, 1.165) is 25.9 Å². The molecule has 0 aromatic rings. The Bertz CT molecular complexity index is 283. The van der Waals surface area contributed by atoms with E-state index in [1.165, 1.54) is 25.8 Å². The van der Waals surface area contributed by atoms with Gasteiger partial charge in [0.25, 0.3) is 0 Å². The average molecular weight is 300 g/mol. The van der Waals surface area contributed by atoms with Crippen LogP contribution >= 0.6 is 0 Å². The molecule has 1 saturated carbocycles. The molecule has 0 aromatic carbocycles. The van der Waals surface area contributed by atoms with Crippen LogP contribution in [0.25, 0.3) is 0 Å². The Labute approximate surface area is 131 Å². The van der Waals surface area contributed by atoms with Gasteiger partial charge in [-0.1, -0.05) is 20.8 Å². The molecule has 1 rings (SSSR count). The molecule has 4 heteroatoms. The van der Waals surface area contributed by atoms with E-state index in [-0.39, 0.29) is 12.1 Å². The second-order valence-corrected chi connectivity index (χ2v) is 7.33. The molecular weight excluding hydrogens is 262 g/mol. The molecule has 2 unspecified atom stereocenters. The quantitative estimate of drug-likeness (QED) is 0.682. The van der Waals surface area contributed by atoms with Crippen LogP contribution < -0.4 is 5.32 Å². The highest BCUT2D eigenvalue weighted by Crippen LogP contribution is 2.31. The maximum atomic E-state index is 9.95. The Balaban J connectivity index is 2.69. The Morgan fingerprint density at radius 3 is 2.48 bits per heavy atom. The third-order valence-corrected chi connectivity index (χ3v) is 4.58. The summed E-state index contributed by atoms with van der Waals surface area (Å²) in [5, 5.41) is 13.6. The molecule has 126 valence electrons. The zero-order valence-corrected chi connectivity index (χ0v) is 14.9. The normalized spacial score (nSPS) is 27.0. The van der Waals surface area contributed by atoms with Crippen molar-refractivity contribution in [2.75, 3.05) is 40.3 Å². The second kappa shape index (κ2) is 9.09. The fourth-order valence-electron chi connectivity index (χ4n) is 3.67. The van der Waals surface area contributed by atoms with Crippen LogP contribution in [0.2, 0.25) is 0 Å². The standard InChI is InChI=1S/C17H37N3O/c1-6-10-20(12-11-19(4)5)16-8-7-9-17(13-16,14-21)18-15(2)3/h15-16,18,21H,6-14H2,1-5H3. The van der Waals surface area contributed by atoms with Crippen LogP contribution in [0.4, 0.5) is 0 Å². The Kier molecular flexibility index (Phi) is 8.17. The molecule has 0 aromatic heterocycles. The van der Waals surface area contributed by atoms with Crippen molar-refractivity contribution in [2.24, 2.45) is 0 Å². The van der Waals surface area contributed by atoms with Crippen molar-refractivity contribution in [1.82, 2.24) is 15.1 Å². The van der Waals surface area contributed by atoms with Gasteiger partial charge < -0.3 is 15.3 Å². The van der Waals surface area contributed by atoms with Crippen molar-refractivity contribution >= 4 is 0 Å². The van der Waals surface area contributed by atoms with Gasteiger partial charge in [0.15, 0.2) is 0 Å². The SMILES string of the molecule is CCCN(CCN(C)C)C1CCCC(CO)(NC(C)C)C1. The van der Waals surface area contributed by atoms with E-state index in [9.17, 15) is 5.11 Å². The summed E-state index contributed by atoms with van der Waals surface area (Å²) in [6.45, 7) is 10.3. The predicted octanol–water partition coefficient (Wildman–Crippen LogP) is 1.93. The lowest BCUT2D eigenvalue weighted by atomic mass is 9.78. The van der Waals surface area contributed by atoms with Gasteiger partial charge >= 0.3 is 0 Å². The number of rotatable bonds is 9. The Morgan fingerprint density at radius 2 is 1.95 bits per heavy atom. The number of likely N-dealkylation sites (N-methyl/N-ethyl adjacent to an activating group) is 1. The van der Waals surface area contributed by atoms with E-state index in [1.807, 2.05) is 0 Å². The van der Waals surface area contributed by atoms with Gasteiger partial charge in [-0.15, -0.1) is 0 Å². The summed E-state index contributed by atoms with van der Waals surface area (Å²) in [4.78, 5) is 4.91. The lowest BCUT2D eigenvalue weighted by Gasteiger charge is -2.45. The van der Waals surface area contributed by atoms with Gasteiger partial charge in [-0.3, -0.25) is 4.90 Å². The number of nitrogens with one attached hydrogen (secondary N) is 1. The van der Waals surface area contributed by atoms with Crippen molar-refractivity contribution < 1.29 is 5.11 Å². The summed E-state index contributed by atoms with van der Waals surface area (Å²) < 4.78 is 0. The first-order chi connectivity index (χ1) is 9.92. The van der Waals surface area contributed by atoms with Crippen molar-refractivity contribution in [3.05, 3.63) is 0 Å². The predicted molar refractivity (Wildman–Crippen MR) is 90.8 cm³/mol. The highest BCUT2D eigenvalue weighted by atomic mass is 16.3. The van der Waals surface area contributed by atoms with Crippen LogP contribution in [-0.4, -0.2) is 72.9 Å². The minimum atomic E-state index is -0.0683. The first-order valence-electron chi connectivity index (χ1n) is 8.70. The van der Waals surface area contributed by atoms with Crippen molar-refractivity contribution in [1.29, 1.82) is 0 Å². The molecule has 0 heterocycles. The highest BCUT2D eigenvalue weighted by Gasteiger charge is 2.37. The number of hydrogen-bond donors (Lipinski definition) is 2. The lowest BCUT2D eigenvalue weighted by molar-refractivity contribution is 0.0515. The molecule has 1 aliphatic carbocycles. The molecule has 1 aliphatic rings. The van der Waals surface area contributed by atoms with E-state index in [4.69, 9.17) is 0 Å². The summed E-state index contributed by atoms with van der Waals surface area (Å²) >= 11 is 0. The van der Waals surface area contributed by atoms with Gasteiger partial charge in [-0.2, -0.15) is 0 Å². The minimum absolute atomic E-state index is 0.0683. The van der Waals surface area contributed by atoms with Crippen molar-refractivity contribution in [2.45, 2.75) is 70.5 Å². The topological polar surface area (TPSA) is 38.7 Å². The third-order valence-electron chi connectivity index (χ3n) is 4.58. The van der Waals surface area contributed by atoms with Crippen LogP contribution in [-0.2, 0) is 0 Å². The van der Waals surface area contributed by atoms with E-state index in [0.29, 0.717) is 12.1 Å². The van der Waals surface area contributed by atoms with Crippen LogP contribution in [0, 0.1) is 0 Å². The first-order valence-corrected chi connectivity index (χ1v) is 8.70. The smallest absolute Gasteiger partial charge is 0.0613 e. The monoisotopic (exact) mass is 299 g/mol. The maximum absolute atomic E-state index is 9.95. The van der Waals surface area contributed by atoms with Gasteiger partial charge in [-0.25, -0.2) is 0 Å². The number of aliphatic hydroxyl groups excluding tert-OH is 1. The zero-order valence-electron chi connectivity index (χ0n) is 14.9. The van der Waals surface area contributed by atoms with Gasteiger partial charge in [-0.05, 0) is 52.7 Å². The zero-order chi connectivity index (χ0) is 15.9. The van der Waals surface area contributed by atoms with Crippen LogP contribution in [0.5, 0.6) is 0 Å². The summed E-state index contributed by atoms with van der Waals surface area (Å²) in [5.74, 6) is 0. The molecule has 0 bridgehead atoms. The second-order valence-electron chi connectivity index (χ2n) is 7.33. The fourth-order valence-corrected chi connectivity index (χ4v) is 3.67. The molecule has 0 radical (unpaired) electrons. The molecular formula is C17H37N3O. The summed E-state index contributed by atoms with van der Waals surface area (Å²) in [6.07, 6.45) is 5.87. The molecule has 2 N–H and O–H groups in total. The van der Waals surface area contributed by atoms with Crippen LogP contribution in [0.15, 0.2) is 0 Å². The molecule has 0 saturated heterocycles. The van der Waals surface area contributed by atoms with Gasteiger partial charge in [0.1, 0.15) is 0 Å². The van der Waals surface area contributed by atoms with Gasteiger partial charge in [0, 0.05) is 30.7 Å². The Morgan fingerprint density at radius 1 is 1.24 bits per heavy atom. The van der Waals surface area contributed by atoms with Crippen molar-refractivity contribution in [3.63, 3.8) is 0 Å². The van der Waals surface area contributed by atoms with E-state index in [1.54, 1.807) is 0 Å². The molecule has 4 nitrogen and oxygen atoms in total. The van der Waals surface area contributed by atoms with E-state index >= 15 is 0 Å². The summed E-state index contributed by atoms with van der Waals surface area (Å²) in [6, 6.07) is 1.04. The number of hydrogen-bond acceptors (Lipinski definition) is 4. The molecule has 0 spiro atoms. The van der Waals surface area contributed by atoms with Gasteiger partial charge in [0.2, 0.25) is 0 Å². The van der Waals surface area contributed by atoms with E-state index < -0.39 is 0 Å². The maximum Gasteiger partial charge on any atom is 0.0613 e. The fraction of sp³-hybridized carbons (Fsp3) is 1.00. The van der Waals surface area contributed by atoms with E-state index in [2.05, 4.69) is 50.0 Å². The largest absolute Gasteiger partial charge is 0.394 e. The molecule has 1 fully saturated rings. The summed E-state index contributed by atoms with van der Waals surface area (Å²) in [5.41, 5.74) is -0.0683. The average Bonchev–Trinajstić information content (AvgIpc) is 2.42. The first kappa shape index (κ1) is 18.9. The van der Waals surface area contributed by atoms with Gasteiger partial charge in [0.05, 0.1) is 6.61 Å². The van der Waals surface area contributed by atoms with Crippen LogP contribution in [0.1, 0.15) is 52.9 Å². The number of nitrogens with zero attached hydrogens (tertiary/aromatic N) is 2. The summed E-state index contributed by atoms with van der Waals surface area (Å²) in [7, 11) is 4.28. The highest BCUT2D eigenvalue weighted by molar-refractivity contribution is 4.97. The third kappa shape index (κ3) is 6.23. The van der Waals surface area contributed by atoms with Crippen molar-refractivity contribution in [3.8, 4) is 0 Å². The minimum Gasteiger partial charge on any atom is -0.394 e. The van der Waals surface area contributed by atoms with Crippen LogP contribution in [0.3, 0.4) is 0 Å². The molecule has 0 amide bonds. The molecule has 2 atom stereocenters. The lowest BCUT2D eigenvalue weighted by Crippen LogP contribution is -2.58. The number of aliphatic hydroxyl groups is 1.